The summed E-state index contributed by atoms with van der Waals surface area (Å²) in [6.45, 7) is 3.90. The number of fused-ring (bicyclic) bond motifs is 4. The van der Waals surface area contributed by atoms with Crippen LogP contribution in [0.4, 0.5) is 0 Å². The number of ether oxygens (including phenoxy) is 2. The quantitative estimate of drug-likeness (QED) is 0.788. The van der Waals surface area contributed by atoms with E-state index in [1.54, 1.807) is 18.5 Å². The van der Waals surface area contributed by atoms with Crippen LogP contribution in [0.5, 0.6) is 11.5 Å². The molecule has 1 aromatic carbocycles. The number of benzene rings is 1. The highest BCUT2D eigenvalue weighted by molar-refractivity contribution is 7.88. The van der Waals surface area contributed by atoms with E-state index >= 15 is 0 Å². The van der Waals surface area contributed by atoms with Gasteiger partial charge in [-0.05, 0) is 61.8 Å². The zero-order valence-corrected chi connectivity index (χ0v) is 17.5. The van der Waals surface area contributed by atoms with Gasteiger partial charge in [0.25, 0.3) is 0 Å². The molecule has 7 heteroatoms. The summed E-state index contributed by atoms with van der Waals surface area (Å²) in [5, 5.41) is 0. The number of rotatable bonds is 3. The maximum absolute atomic E-state index is 12.4. The highest BCUT2D eigenvalue weighted by atomic mass is 32.2. The summed E-state index contributed by atoms with van der Waals surface area (Å²) in [5.74, 6) is 1.94. The predicted octanol–water partition coefficient (Wildman–Crippen LogP) is 2.44. The van der Waals surface area contributed by atoms with E-state index in [9.17, 15) is 8.42 Å². The summed E-state index contributed by atoms with van der Waals surface area (Å²) >= 11 is 0. The monoisotopic (exact) mass is 394 g/mol. The van der Waals surface area contributed by atoms with E-state index in [1.165, 1.54) is 17.4 Å². The van der Waals surface area contributed by atoms with Crippen molar-refractivity contribution in [3.05, 3.63) is 23.3 Å². The Labute approximate surface area is 162 Å². The third kappa shape index (κ3) is 3.23. The maximum Gasteiger partial charge on any atom is 0.211 e. The minimum Gasteiger partial charge on any atom is -0.493 e. The fourth-order valence-electron chi connectivity index (χ4n) is 5.45. The highest BCUT2D eigenvalue weighted by Gasteiger charge is 2.46. The van der Waals surface area contributed by atoms with Crippen molar-refractivity contribution in [2.45, 2.75) is 50.7 Å². The van der Waals surface area contributed by atoms with Gasteiger partial charge in [-0.1, -0.05) is 0 Å². The van der Waals surface area contributed by atoms with E-state index in [0.717, 1.165) is 43.7 Å². The van der Waals surface area contributed by atoms with Crippen molar-refractivity contribution in [3.63, 3.8) is 0 Å². The van der Waals surface area contributed by atoms with Gasteiger partial charge in [0.2, 0.25) is 10.0 Å². The summed E-state index contributed by atoms with van der Waals surface area (Å²) in [6.07, 6.45) is 5.27. The Morgan fingerprint density at radius 1 is 1.15 bits per heavy atom. The van der Waals surface area contributed by atoms with E-state index in [4.69, 9.17) is 9.47 Å². The van der Waals surface area contributed by atoms with Crippen molar-refractivity contribution in [1.29, 1.82) is 0 Å². The molecule has 0 aliphatic carbocycles. The second-order valence-corrected chi connectivity index (χ2v) is 10.2. The Morgan fingerprint density at radius 2 is 1.85 bits per heavy atom. The van der Waals surface area contributed by atoms with Crippen LogP contribution in [-0.2, 0) is 16.4 Å². The molecular formula is C20H30N2O4S. The average Bonchev–Trinajstić information content (AvgIpc) is 2.64. The molecule has 2 saturated heterocycles. The van der Waals surface area contributed by atoms with Crippen LogP contribution >= 0.6 is 0 Å². The first-order valence-electron chi connectivity index (χ1n) is 9.80. The van der Waals surface area contributed by atoms with Gasteiger partial charge in [-0.15, -0.1) is 0 Å². The number of nitrogens with zero attached hydrogens (tertiary/aromatic N) is 2. The van der Waals surface area contributed by atoms with Crippen LogP contribution in [0.2, 0.25) is 0 Å². The molecule has 3 aliphatic rings. The molecule has 150 valence electrons. The predicted molar refractivity (Wildman–Crippen MR) is 105 cm³/mol. The van der Waals surface area contributed by atoms with E-state index in [1.807, 2.05) is 0 Å². The van der Waals surface area contributed by atoms with Gasteiger partial charge in [0.15, 0.2) is 11.5 Å². The SMILES string of the molecule is COc1cc2c(cc1OC)[C@@H]1C[C@H]3[C@H](CCCN3S(C)(=O)=O)CN1C(C)C2. The van der Waals surface area contributed by atoms with Crippen LogP contribution in [0.3, 0.4) is 0 Å². The Hall–Kier alpha value is -1.31. The Morgan fingerprint density at radius 3 is 2.52 bits per heavy atom. The number of piperidine rings is 2. The van der Waals surface area contributed by atoms with Crippen molar-refractivity contribution in [2.24, 2.45) is 5.92 Å². The molecule has 0 aromatic heterocycles. The summed E-state index contributed by atoms with van der Waals surface area (Å²) in [6, 6.07) is 4.97. The van der Waals surface area contributed by atoms with E-state index in [-0.39, 0.29) is 12.1 Å². The topological polar surface area (TPSA) is 59.1 Å². The molecule has 4 rings (SSSR count). The van der Waals surface area contributed by atoms with E-state index in [2.05, 4.69) is 24.0 Å². The Balaban J connectivity index is 1.74. The lowest BCUT2D eigenvalue weighted by Gasteiger charge is -2.53. The summed E-state index contributed by atoms with van der Waals surface area (Å²) in [4.78, 5) is 2.58. The second-order valence-electron chi connectivity index (χ2n) is 8.25. The van der Waals surface area contributed by atoms with Gasteiger partial charge in [0, 0.05) is 31.2 Å². The zero-order chi connectivity index (χ0) is 19.3. The van der Waals surface area contributed by atoms with E-state index in [0.29, 0.717) is 18.5 Å². The molecule has 1 unspecified atom stereocenters. The second kappa shape index (κ2) is 6.94. The molecule has 0 radical (unpaired) electrons. The molecule has 3 aliphatic heterocycles. The zero-order valence-electron chi connectivity index (χ0n) is 16.6. The van der Waals surface area contributed by atoms with Gasteiger partial charge >= 0.3 is 0 Å². The lowest BCUT2D eigenvalue weighted by atomic mass is 9.76. The van der Waals surface area contributed by atoms with Crippen molar-refractivity contribution < 1.29 is 17.9 Å². The lowest BCUT2D eigenvalue weighted by molar-refractivity contribution is -0.00164. The molecule has 3 heterocycles. The van der Waals surface area contributed by atoms with Gasteiger partial charge in [-0.2, -0.15) is 4.31 Å². The number of sulfonamides is 1. The standard InChI is InChI=1S/C20H30N2O4S/c1-13-8-15-9-19(25-2)20(26-3)10-16(15)18-11-17-14(12-21(13)18)6-5-7-22(17)27(4,23)24/h9-10,13-14,17-18H,5-8,11-12H2,1-4H3/t13?,14-,17+,18+/m1/s1. The Kier molecular flexibility index (Phi) is 4.89. The highest BCUT2D eigenvalue weighted by Crippen LogP contribution is 2.47. The molecule has 2 fully saturated rings. The van der Waals surface area contributed by atoms with Gasteiger partial charge in [-0.25, -0.2) is 8.42 Å². The van der Waals surface area contributed by atoms with Crippen LogP contribution < -0.4 is 9.47 Å². The van der Waals surface area contributed by atoms with Gasteiger partial charge in [0.05, 0.1) is 20.5 Å². The molecule has 0 amide bonds. The lowest BCUT2D eigenvalue weighted by Crippen LogP contribution is -2.58. The first-order valence-corrected chi connectivity index (χ1v) is 11.7. The minimum atomic E-state index is -3.18. The molecule has 4 atom stereocenters. The van der Waals surface area contributed by atoms with Crippen LogP contribution in [0, 0.1) is 5.92 Å². The van der Waals surface area contributed by atoms with Gasteiger partial charge < -0.3 is 9.47 Å². The number of hydrogen-bond donors (Lipinski definition) is 0. The smallest absolute Gasteiger partial charge is 0.211 e. The fourth-order valence-corrected chi connectivity index (χ4v) is 6.66. The molecule has 0 spiro atoms. The molecular weight excluding hydrogens is 364 g/mol. The molecule has 1 aromatic rings. The van der Waals surface area contributed by atoms with Crippen LogP contribution in [-0.4, -0.2) is 63.3 Å². The molecule has 0 saturated carbocycles. The van der Waals surface area contributed by atoms with Crippen molar-refractivity contribution in [2.75, 3.05) is 33.6 Å². The summed E-state index contributed by atoms with van der Waals surface area (Å²) in [5.41, 5.74) is 2.56. The summed E-state index contributed by atoms with van der Waals surface area (Å²) < 4.78 is 37.5. The Bertz CT molecular complexity index is 826. The third-order valence-corrected chi connectivity index (χ3v) is 8.00. The fraction of sp³-hybridized carbons (Fsp3) is 0.700. The van der Waals surface area contributed by atoms with Gasteiger partial charge in [0.1, 0.15) is 0 Å². The number of hydrogen-bond acceptors (Lipinski definition) is 5. The third-order valence-electron chi connectivity index (χ3n) is 6.69. The molecule has 6 nitrogen and oxygen atoms in total. The van der Waals surface area contributed by atoms with E-state index < -0.39 is 10.0 Å². The molecule has 0 N–H and O–H groups in total. The van der Waals surface area contributed by atoms with Crippen molar-refractivity contribution >= 4 is 10.0 Å². The van der Waals surface area contributed by atoms with Crippen LogP contribution in [0.15, 0.2) is 12.1 Å². The summed E-state index contributed by atoms with van der Waals surface area (Å²) in [7, 11) is 0.152. The largest absolute Gasteiger partial charge is 0.493 e. The first kappa shape index (κ1) is 19.0. The van der Waals surface area contributed by atoms with Gasteiger partial charge in [-0.3, -0.25) is 4.90 Å². The minimum absolute atomic E-state index is 0.0984. The number of methoxy groups -OCH3 is 2. The van der Waals surface area contributed by atoms with Crippen LogP contribution in [0.1, 0.15) is 43.4 Å². The molecule has 27 heavy (non-hydrogen) atoms. The first-order chi connectivity index (χ1) is 12.8. The normalized spacial score (nSPS) is 31.6. The molecule has 0 bridgehead atoms. The van der Waals surface area contributed by atoms with Crippen molar-refractivity contribution in [1.82, 2.24) is 9.21 Å². The average molecular weight is 395 g/mol. The van der Waals surface area contributed by atoms with Crippen molar-refractivity contribution in [3.8, 4) is 11.5 Å². The maximum atomic E-state index is 12.4. The van der Waals surface area contributed by atoms with Crippen LogP contribution in [0.25, 0.3) is 0 Å².